The van der Waals surface area contributed by atoms with E-state index in [0.717, 1.165) is 17.2 Å². The van der Waals surface area contributed by atoms with Gasteiger partial charge in [0.2, 0.25) is 0 Å². The van der Waals surface area contributed by atoms with Crippen LogP contribution in [0.2, 0.25) is 5.02 Å². The summed E-state index contributed by atoms with van der Waals surface area (Å²) in [6.45, 7) is 0. The summed E-state index contributed by atoms with van der Waals surface area (Å²) >= 11 is 7.32. The van der Waals surface area contributed by atoms with Crippen LogP contribution in [0.5, 0.6) is 0 Å². The number of aromatic nitrogens is 1. The molecule has 0 radical (unpaired) electrons. The first-order valence-corrected chi connectivity index (χ1v) is 7.40. The third-order valence-corrected chi connectivity index (χ3v) is 4.45. The highest BCUT2D eigenvalue weighted by Crippen LogP contribution is 2.35. The molecular formula is C14H12ClF3N2S. The Morgan fingerprint density at radius 2 is 1.95 bits per heavy atom. The largest absolute Gasteiger partial charge is 0.416 e. The second kappa shape index (κ2) is 6.68. The highest BCUT2D eigenvalue weighted by Gasteiger charge is 2.34. The maximum absolute atomic E-state index is 12.9. The summed E-state index contributed by atoms with van der Waals surface area (Å²) < 4.78 is 38.8. The summed E-state index contributed by atoms with van der Waals surface area (Å²) in [7, 11) is 0. The standard InChI is InChI=1S/C14H12ClF3N2S/c15-11-3-1-2-4-13(11)21-8-12(19)9-7-20-6-5-10(9)14(16,17)18/h1-7,12H,8,19H2. The number of hydrogen-bond donors (Lipinski definition) is 1. The monoisotopic (exact) mass is 332 g/mol. The highest BCUT2D eigenvalue weighted by molar-refractivity contribution is 7.99. The minimum Gasteiger partial charge on any atom is -0.323 e. The van der Waals surface area contributed by atoms with Crippen LogP contribution in [0.3, 0.4) is 0 Å². The zero-order valence-electron chi connectivity index (χ0n) is 10.8. The molecule has 0 bridgehead atoms. The average Bonchev–Trinajstić information content (AvgIpc) is 2.45. The van der Waals surface area contributed by atoms with Crippen molar-refractivity contribution in [2.75, 3.05) is 5.75 Å². The number of nitrogens with zero attached hydrogens (tertiary/aromatic N) is 1. The molecule has 0 fully saturated rings. The summed E-state index contributed by atoms with van der Waals surface area (Å²) in [5.41, 5.74) is 5.13. The van der Waals surface area contributed by atoms with Gasteiger partial charge in [-0.15, -0.1) is 11.8 Å². The molecule has 0 spiro atoms. The van der Waals surface area contributed by atoms with Gasteiger partial charge in [-0.25, -0.2) is 0 Å². The maximum atomic E-state index is 12.9. The maximum Gasteiger partial charge on any atom is 0.416 e. The molecule has 0 saturated heterocycles. The molecule has 2 N–H and O–H groups in total. The Kier molecular flexibility index (Phi) is 5.13. The molecule has 2 rings (SSSR count). The Balaban J connectivity index is 2.15. The van der Waals surface area contributed by atoms with Crippen LogP contribution >= 0.6 is 23.4 Å². The molecule has 0 aliphatic carbocycles. The van der Waals surface area contributed by atoms with Crippen LogP contribution in [-0.2, 0) is 6.18 Å². The fraction of sp³-hybridized carbons (Fsp3) is 0.214. The van der Waals surface area contributed by atoms with Gasteiger partial charge in [0.05, 0.1) is 10.6 Å². The first kappa shape index (κ1) is 16.1. The molecular weight excluding hydrogens is 321 g/mol. The molecule has 21 heavy (non-hydrogen) atoms. The van der Waals surface area contributed by atoms with Crippen LogP contribution in [-0.4, -0.2) is 10.7 Å². The molecule has 1 aromatic carbocycles. The van der Waals surface area contributed by atoms with Gasteiger partial charge in [-0.2, -0.15) is 13.2 Å². The van der Waals surface area contributed by atoms with Crippen molar-refractivity contribution >= 4 is 23.4 Å². The van der Waals surface area contributed by atoms with Gasteiger partial charge in [0.15, 0.2) is 0 Å². The Morgan fingerprint density at radius 3 is 2.62 bits per heavy atom. The molecule has 2 nitrogen and oxygen atoms in total. The van der Waals surface area contributed by atoms with E-state index in [4.69, 9.17) is 17.3 Å². The number of nitrogens with two attached hydrogens (primary N) is 1. The molecule has 1 aromatic heterocycles. The second-order valence-corrected chi connectivity index (χ2v) is 5.78. The van der Waals surface area contributed by atoms with Crippen LogP contribution in [0.1, 0.15) is 17.2 Å². The van der Waals surface area contributed by atoms with E-state index >= 15 is 0 Å². The molecule has 0 aliphatic rings. The summed E-state index contributed by atoms with van der Waals surface area (Å²) in [4.78, 5) is 4.52. The summed E-state index contributed by atoms with van der Waals surface area (Å²) in [5.74, 6) is 0.276. The molecule has 0 saturated carbocycles. The van der Waals surface area contributed by atoms with E-state index in [9.17, 15) is 13.2 Å². The van der Waals surface area contributed by atoms with Crippen molar-refractivity contribution in [2.24, 2.45) is 5.73 Å². The van der Waals surface area contributed by atoms with Crippen LogP contribution in [0, 0.1) is 0 Å². The van der Waals surface area contributed by atoms with Gasteiger partial charge >= 0.3 is 6.18 Å². The minimum atomic E-state index is -4.44. The van der Waals surface area contributed by atoms with E-state index in [0.29, 0.717) is 5.02 Å². The molecule has 0 aliphatic heterocycles. The molecule has 2 aromatic rings. The van der Waals surface area contributed by atoms with E-state index < -0.39 is 17.8 Å². The zero-order chi connectivity index (χ0) is 15.5. The van der Waals surface area contributed by atoms with Crippen LogP contribution < -0.4 is 5.73 Å². The Labute approximate surface area is 129 Å². The molecule has 7 heteroatoms. The van der Waals surface area contributed by atoms with Crippen LogP contribution in [0.25, 0.3) is 0 Å². The number of thioether (sulfide) groups is 1. The predicted octanol–water partition coefficient (Wildman–Crippen LogP) is 4.55. The van der Waals surface area contributed by atoms with Gasteiger partial charge in [-0.1, -0.05) is 23.7 Å². The molecule has 1 unspecified atom stereocenters. The van der Waals surface area contributed by atoms with Crippen molar-refractivity contribution in [2.45, 2.75) is 17.1 Å². The normalized spacial score (nSPS) is 13.2. The number of halogens is 4. The van der Waals surface area contributed by atoms with E-state index in [2.05, 4.69) is 4.98 Å². The third kappa shape index (κ3) is 4.12. The first-order valence-electron chi connectivity index (χ1n) is 6.03. The van der Waals surface area contributed by atoms with Gasteiger partial charge < -0.3 is 5.73 Å². The number of alkyl halides is 3. The Hall–Kier alpha value is -1.24. The number of pyridine rings is 1. The van der Waals surface area contributed by atoms with Crippen molar-refractivity contribution < 1.29 is 13.2 Å². The number of benzene rings is 1. The van der Waals surface area contributed by atoms with Crippen molar-refractivity contribution in [1.29, 1.82) is 0 Å². The van der Waals surface area contributed by atoms with Crippen molar-refractivity contribution in [3.05, 3.63) is 58.9 Å². The fourth-order valence-electron chi connectivity index (χ4n) is 1.79. The fourth-order valence-corrected chi connectivity index (χ4v) is 3.01. The lowest BCUT2D eigenvalue weighted by atomic mass is 10.0. The van der Waals surface area contributed by atoms with Gasteiger partial charge in [-0.05, 0) is 18.2 Å². The second-order valence-electron chi connectivity index (χ2n) is 4.31. The van der Waals surface area contributed by atoms with Crippen LogP contribution in [0.4, 0.5) is 13.2 Å². The number of hydrogen-bond acceptors (Lipinski definition) is 3. The van der Waals surface area contributed by atoms with Gasteiger partial charge in [0.1, 0.15) is 0 Å². The highest BCUT2D eigenvalue weighted by atomic mass is 35.5. The zero-order valence-corrected chi connectivity index (χ0v) is 12.3. The topological polar surface area (TPSA) is 38.9 Å². The number of rotatable bonds is 4. The van der Waals surface area contributed by atoms with E-state index in [1.54, 1.807) is 18.2 Å². The summed E-state index contributed by atoms with van der Waals surface area (Å²) in [5, 5.41) is 0.553. The van der Waals surface area contributed by atoms with Crippen LogP contribution in [0.15, 0.2) is 47.6 Å². The van der Waals surface area contributed by atoms with E-state index in [1.807, 2.05) is 6.07 Å². The van der Waals surface area contributed by atoms with E-state index in [1.165, 1.54) is 18.0 Å². The Morgan fingerprint density at radius 1 is 1.24 bits per heavy atom. The average molecular weight is 333 g/mol. The van der Waals surface area contributed by atoms with Crippen molar-refractivity contribution in [3.63, 3.8) is 0 Å². The minimum absolute atomic E-state index is 0.00967. The predicted molar refractivity (Wildman–Crippen MR) is 78.3 cm³/mol. The lowest BCUT2D eigenvalue weighted by Gasteiger charge is -2.17. The summed E-state index contributed by atoms with van der Waals surface area (Å²) in [6.07, 6.45) is -2.16. The first-order chi connectivity index (χ1) is 9.89. The van der Waals surface area contributed by atoms with Gasteiger partial charge in [-0.3, -0.25) is 4.98 Å². The van der Waals surface area contributed by atoms with Gasteiger partial charge in [0, 0.05) is 34.6 Å². The molecule has 0 amide bonds. The molecule has 1 heterocycles. The lowest BCUT2D eigenvalue weighted by molar-refractivity contribution is -0.138. The molecule has 112 valence electrons. The van der Waals surface area contributed by atoms with Crippen molar-refractivity contribution in [1.82, 2.24) is 4.98 Å². The lowest BCUT2D eigenvalue weighted by Crippen LogP contribution is -2.19. The molecule has 1 atom stereocenters. The van der Waals surface area contributed by atoms with E-state index in [-0.39, 0.29) is 11.3 Å². The summed E-state index contributed by atoms with van der Waals surface area (Å²) in [6, 6.07) is 7.28. The third-order valence-electron chi connectivity index (χ3n) is 2.81. The smallest absolute Gasteiger partial charge is 0.323 e. The SMILES string of the molecule is NC(CSc1ccccc1Cl)c1cnccc1C(F)(F)F. The van der Waals surface area contributed by atoms with Crippen molar-refractivity contribution in [3.8, 4) is 0 Å². The van der Waals surface area contributed by atoms with Gasteiger partial charge in [0.25, 0.3) is 0 Å². The Bertz CT molecular complexity index is 619. The quantitative estimate of drug-likeness (QED) is 0.835.